The van der Waals surface area contributed by atoms with Crippen LogP contribution in [0.3, 0.4) is 0 Å². The van der Waals surface area contributed by atoms with E-state index in [1.807, 2.05) is 0 Å². The molecule has 0 spiro atoms. The third kappa shape index (κ3) is 3.42. The first kappa shape index (κ1) is 15.1. The lowest BCUT2D eigenvalue weighted by Gasteiger charge is -2.16. The minimum Gasteiger partial charge on any atom is -0.496 e. The Morgan fingerprint density at radius 3 is 2.45 bits per heavy atom. The van der Waals surface area contributed by atoms with Crippen molar-refractivity contribution in [3.8, 4) is 5.75 Å². The summed E-state index contributed by atoms with van der Waals surface area (Å²) in [4.78, 5) is 0. The normalized spacial score (nSPS) is 12.2. The second-order valence-electron chi connectivity index (χ2n) is 4.43. The molecule has 0 aliphatic rings. The van der Waals surface area contributed by atoms with Gasteiger partial charge in [-0.25, -0.2) is 4.39 Å². The second-order valence-corrected chi connectivity index (χ2v) is 5.31. The molecule has 1 unspecified atom stereocenters. The molecule has 0 saturated heterocycles. The van der Waals surface area contributed by atoms with E-state index in [0.29, 0.717) is 27.8 Å². The summed E-state index contributed by atoms with van der Waals surface area (Å²) in [5, 5.41) is 0.924. The van der Waals surface area contributed by atoms with E-state index in [-0.39, 0.29) is 5.82 Å². The van der Waals surface area contributed by atoms with Crippen LogP contribution in [-0.2, 0) is 6.42 Å². The number of nitrogens with two attached hydrogens (primary N) is 1. The third-order valence-corrected chi connectivity index (χ3v) is 3.52. The zero-order chi connectivity index (χ0) is 14.7. The maximum atomic E-state index is 13.8. The largest absolute Gasteiger partial charge is 0.496 e. The van der Waals surface area contributed by atoms with Crippen molar-refractivity contribution in [2.24, 2.45) is 5.73 Å². The molecule has 0 aliphatic carbocycles. The minimum atomic E-state index is -0.417. The molecule has 20 heavy (non-hydrogen) atoms. The van der Waals surface area contributed by atoms with E-state index in [4.69, 9.17) is 33.7 Å². The molecule has 0 aromatic heterocycles. The zero-order valence-electron chi connectivity index (χ0n) is 10.9. The Bertz CT molecular complexity index is 619. The van der Waals surface area contributed by atoms with Crippen molar-refractivity contribution in [3.63, 3.8) is 0 Å². The van der Waals surface area contributed by atoms with E-state index >= 15 is 0 Å². The van der Waals surface area contributed by atoms with Crippen molar-refractivity contribution in [1.29, 1.82) is 0 Å². The number of benzene rings is 2. The lowest BCUT2D eigenvalue weighted by atomic mass is 9.98. The van der Waals surface area contributed by atoms with Gasteiger partial charge in [0.05, 0.1) is 7.11 Å². The maximum absolute atomic E-state index is 13.8. The molecule has 2 aromatic rings. The van der Waals surface area contributed by atoms with Crippen LogP contribution in [0.5, 0.6) is 5.75 Å². The fourth-order valence-electron chi connectivity index (χ4n) is 2.03. The smallest absolute Gasteiger partial charge is 0.127 e. The summed E-state index contributed by atoms with van der Waals surface area (Å²) in [5.74, 6) is 0.269. The van der Waals surface area contributed by atoms with Gasteiger partial charge in [0.25, 0.3) is 0 Å². The topological polar surface area (TPSA) is 35.2 Å². The number of hydrogen-bond donors (Lipinski definition) is 1. The molecule has 0 bridgehead atoms. The quantitative estimate of drug-likeness (QED) is 0.909. The molecular formula is C15H14Cl2FNO. The molecule has 2 aromatic carbocycles. The molecule has 0 aliphatic heterocycles. The van der Waals surface area contributed by atoms with Crippen molar-refractivity contribution < 1.29 is 9.13 Å². The van der Waals surface area contributed by atoms with Gasteiger partial charge in [-0.1, -0.05) is 29.3 Å². The first-order chi connectivity index (χ1) is 9.51. The summed E-state index contributed by atoms with van der Waals surface area (Å²) in [6.07, 6.45) is 0.333. The average Bonchev–Trinajstić information content (AvgIpc) is 2.41. The standard InChI is InChI=1S/C15H14Cl2FNO/c1-20-15-5-4-10(16)7-12(15)14(19)6-9-2-3-11(17)8-13(9)18/h2-5,7-8,14H,6,19H2,1H3. The van der Waals surface area contributed by atoms with E-state index in [0.717, 1.165) is 5.56 Å². The Balaban J connectivity index is 2.27. The highest BCUT2D eigenvalue weighted by Gasteiger charge is 2.15. The van der Waals surface area contributed by atoms with Crippen LogP contribution in [0.2, 0.25) is 10.0 Å². The van der Waals surface area contributed by atoms with Gasteiger partial charge >= 0.3 is 0 Å². The van der Waals surface area contributed by atoms with Crippen molar-refractivity contribution in [3.05, 3.63) is 63.4 Å². The monoisotopic (exact) mass is 313 g/mol. The SMILES string of the molecule is COc1ccc(Cl)cc1C(N)Cc1ccc(Cl)cc1F. The summed E-state index contributed by atoms with van der Waals surface area (Å²) in [5.41, 5.74) is 7.39. The van der Waals surface area contributed by atoms with Gasteiger partial charge in [-0.2, -0.15) is 0 Å². The summed E-state index contributed by atoms with van der Waals surface area (Å²) >= 11 is 11.7. The molecule has 2 rings (SSSR count). The van der Waals surface area contributed by atoms with Gasteiger partial charge in [0, 0.05) is 21.7 Å². The molecule has 106 valence electrons. The first-order valence-corrected chi connectivity index (χ1v) is 6.80. The van der Waals surface area contributed by atoms with Crippen LogP contribution in [0, 0.1) is 5.82 Å². The van der Waals surface area contributed by atoms with Gasteiger partial charge in [0.1, 0.15) is 11.6 Å². The average molecular weight is 314 g/mol. The Kier molecular flexibility index (Phi) is 4.86. The molecule has 2 N–H and O–H groups in total. The van der Waals surface area contributed by atoms with Crippen LogP contribution in [0.1, 0.15) is 17.2 Å². The summed E-state index contributed by atoms with van der Waals surface area (Å²) in [6, 6.07) is 9.34. The molecule has 0 saturated carbocycles. The molecule has 2 nitrogen and oxygen atoms in total. The fourth-order valence-corrected chi connectivity index (χ4v) is 2.37. The van der Waals surface area contributed by atoms with Crippen LogP contribution in [0.15, 0.2) is 36.4 Å². The van der Waals surface area contributed by atoms with E-state index in [9.17, 15) is 4.39 Å². The highest BCUT2D eigenvalue weighted by Crippen LogP contribution is 2.29. The Morgan fingerprint density at radius 1 is 1.15 bits per heavy atom. The summed E-state index contributed by atoms with van der Waals surface area (Å²) in [6.45, 7) is 0. The van der Waals surface area contributed by atoms with Gasteiger partial charge in [-0.3, -0.25) is 0 Å². The Hall–Kier alpha value is -1.29. The van der Waals surface area contributed by atoms with Crippen LogP contribution < -0.4 is 10.5 Å². The summed E-state index contributed by atoms with van der Waals surface area (Å²) < 4.78 is 19.0. The minimum absolute atomic E-state index is 0.333. The zero-order valence-corrected chi connectivity index (χ0v) is 12.4. The van der Waals surface area contributed by atoms with E-state index < -0.39 is 6.04 Å². The number of rotatable bonds is 4. The first-order valence-electron chi connectivity index (χ1n) is 6.04. The molecular weight excluding hydrogens is 300 g/mol. The number of hydrogen-bond acceptors (Lipinski definition) is 2. The Labute approximate surface area is 127 Å². The Morgan fingerprint density at radius 2 is 1.80 bits per heavy atom. The number of ether oxygens (including phenoxy) is 1. The molecule has 1 atom stereocenters. The number of halogens is 3. The van der Waals surface area contributed by atoms with Crippen molar-refractivity contribution in [1.82, 2.24) is 0 Å². The van der Waals surface area contributed by atoms with Crippen molar-refractivity contribution in [2.75, 3.05) is 7.11 Å². The lowest BCUT2D eigenvalue weighted by molar-refractivity contribution is 0.405. The van der Waals surface area contributed by atoms with Crippen LogP contribution >= 0.6 is 23.2 Å². The molecule has 0 radical (unpaired) electrons. The highest BCUT2D eigenvalue weighted by atomic mass is 35.5. The molecule has 5 heteroatoms. The van der Waals surface area contributed by atoms with E-state index in [1.54, 1.807) is 37.4 Å². The summed E-state index contributed by atoms with van der Waals surface area (Å²) in [7, 11) is 1.56. The van der Waals surface area contributed by atoms with E-state index in [1.165, 1.54) is 6.07 Å². The van der Waals surface area contributed by atoms with Crippen molar-refractivity contribution >= 4 is 23.2 Å². The fraction of sp³-hybridized carbons (Fsp3) is 0.200. The van der Waals surface area contributed by atoms with Crippen LogP contribution in [-0.4, -0.2) is 7.11 Å². The predicted octanol–water partition coefficient (Wildman–Crippen LogP) is 4.38. The van der Waals surface area contributed by atoms with Crippen LogP contribution in [0.25, 0.3) is 0 Å². The lowest BCUT2D eigenvalue weighted by Crippen LogP contribution is -2.15. The van der Waals surface area contributed by atoms with Gasteiger partial charge in [0.2, 0.25) is 0 Å². The molecule has 0 amide bonds. The van der Waals surface area contributed by atoms with Gasteiger partial charge < -0.3 is 10.5 Å². The molecule has 0 fully saturated rings. The second kappa shape index (κ2) is 6.44. The number of methoxy groups -OCH3 is 1. The van der Waals surface area contributed by atoms with Gasteiger partial charge in [-0.15, -0.1) is 0 Å². The third-order valence-electron chi connectivity index (χ3n) is 3.05. The van der Waals surface area contributed by atoms with Crippen molar-refractivity contribution in [2.45, 2.75) is 12.5 Å². The predicted molar refractivity (Wildman–Crippen MR) is 80.0 cm³/mol. The molecule has 0 heterocycles. The van der Waals surface area contributed by atoms with Gasteiger partial charge in [-0.05, 0) is 42.3 Å². The van der Waals surface area contributed by atoms with E-state index in [2.05, 4.69) is 0 Å². The highest BCUT2D eigenvalue weighted by molar-refractivity contribution is 6.30. The maximum Gasteiger partial charge on any atom is 0.127 e. The van der Waals surface area contributed by atoms with Gasteiger partial charge in [0.15, 0.2) is 0 Å². The van der Waals surface area contributed by atoms with Crippen LogP contribution in [0.4, 0.5) is 4.39 Å².